The van der Waals surface area contributed by atoms with Crippen LogP contribution in [0.15, 0.2) is 85.1 Å². The number of hydrogen-bond donors (Lipinski definition) is 3. The van der Waals surface area contributed by atoms with Crippen molar-refractivity contribution in [3.8, 4) is 23.0 Å². The van der Waals surface area contributed by atoms with E-state index in [4.69, 9.17) is 4.74 Å². The van der Waals surface area contributed by atoms with Crippen LogP contribution in [-0.4, -0.2) is 22.7 Å². The van der Waals surface area contributed by atoms with E-state index in [-0.39, 0.29) is 5.92 Å². The molecule has 1 aliphatic heterocycles. The first kappa shape index (κ1) is 28.2. The highest BCUT2D eigenvalue weighted by Gasteiger charge is 2.44. The Morgan fingerprint density at radius 2 is 1.65 bits per heavy atom. The first-order valence-corrected chi connectivity index (χ1v) is 14.8. The minimum atomic E-state index is -0.523. The van der Waals surface area contributed by atoms with Gasteiger partial charge in [-0.15, -0.1) is 0 Å². The lowest BCUT2D eigenvalue weighted by Gasteiger charge is -2.45. The number of hydrogen-bond acceptors (Lipinski definition) is 3. The molecule has 0 aliphatic carbocycles. The maximum atomic E-state index is 13.2. The SMILES string of the molecule is Cc1cccc(C#Cc2c(-c3cccc4c(C)c[nH]c34)cc(C)c3c2[C@H](C)[C@@H](OC(=O)Nc2ccccc2)C(C)(C)N3)c1. The molecule has 1 aliphatic rings. The number of ether oxygens (including phenoxy) is 1. The molecular weight excluding hydrogens is 530 g/mol. The average molecular weight is 568 g/mol. The zero-order valence-corrected chi connectivity index (χ0v) is 25.6. The molecule has 4 aromatic carbocycles. The van der Waals surface area contributed by atoms with Crippen LogP contribution in [0.25, 0.3) is 22.0 Å². The normalized spacial score (nSPS) is 16.9. The smallest absolute Gasteiger partial charge is 0.411 e. The summed E-state index contributed by atoms with van der Waals surface area (Å²) < 4.78 is 6.21. The number of benzene rings is 4. The van der Waals surface area contributed by atoms with E-state index >= 15 is 0 Å². The topological polar surface area (TPSA) is 66.2 Å². The molecule has 5 aromatic rings. The molecule has 216 valence electrons. The Balaban J connectivity index is 1.52. The van der Waals surface area contributed by atoms with Crippen LogP contribution < -0.4 is 10.6 Å². The number of aryl methyl sites for hydroxylation is 3. The van der Waals surface area contributed by atoms with E-state index in [0.717, 1.165) is 44.6 Å². The van der Waals surface area contributed by atoms with Gasteiger partial charge < -0.3 is 15.0 Å². The van der Waals surface area contributed by atoms with E-state index in [0.29, 0.717) is 5.69 Å². The number of carbonyl (C=O) groups excluding carboxylic acids is 1. The Bertz CT molecular complexity index is 1910. The van der Waals surface area contributed by atoms with Crippen molar-refractivity contribution in [2.45, 2.75) is 59.1 Å². The lowest BCUT2D eigenvalue weighted by atomic mass is 9.74. The molecule has 1 amide bonds. The number of aromatic amines is 1. The standard InChI is InChI=1S/C38H37N3O2/c1-23-12-10-13-27(20-23)18-19-30-32(31-17-11-16-29-25(3)22-39-35(29)31)21-24(2)34-33(30)26(4)36(38(5,6)41-34)43-37(42)40-28-14-8-7-9-15-28/h7-17,20-22,26,36,39,41H,1-6H3,(H,40,42)/t26-,36+/m0/s1. The van der Waals surface area contributed by atoms with Gasteiger partial charge in [0.05, 0.1) is 11.1 Å². The van der Waals surface area contributed by atoms with Gasteiger partial charge in [0.15, 0.2) is 0 Å². The highest BCUT2D eigenvalue weighted by atomic mass is 16.6. The predicted octanol–water partition coefficient (Wildman–Crippen LogP) is 9.08. The lowest BCUT2D eigenvalue weighted by Crippen LogP contribution is -2.52. The van der Waals surface area contributed by atoms with Gasteiger partial charge in [0.1, 0.15) is 6.10 Å². The van der Waals surface area contributed by atoms with Crippen LogP contribution in [0.3, 0.4) is 0 Å². The largest absolute Gasteiger partial charge is 0.443 e. The van der Waals surface area contributed by atoms with Crippen molar-refractivity contribution in [1.29, 1.82) is 0 Å². The van der Waals surface area contributed by atoms with Crippen molar-refractivity contribution >= 4 is 28.4 Å². The molecule has 1 aromatic heterocycles. The first-order chi connectivity index (χ1) is 20.6. The fourth-order valence-corrected chi connectivity index (χ4v) is 6.39. The molecule has 0 bridgehead atoms. The van der Waals surface area contributed by atoms with E-state index in [1.807, 2.05) is 42.5 Å². The Kier molecular flexibility index (Phi) is 7.23. The summed E-state index contributed by atoms with van der Waals surface area (Å²) in [7, 11) is 0. The van der Waals surface area contributed by atoms with Crippen LogP contribution >= 0.6 is 0 Å². The molecule has 0 saturated heterocycles. The number of H-pyrrole nitrogens is 1. The van der Waals surface area contributed by atoms with Gasteiger partial charge in [-0.1, -0.05) is 67.3 Å². The molecule has 0 radical (unpaired) electrons. The number of amides is 1. The first-order valence-electron chi connectivity index (χ1n) is 14.8. The molecule has 2 heterocycles. The second-order valence-corrected chi connectivity index (χ2v) is 12.2. The van der Waals surface area contributed by atoms with Gasteiger partial charge in [-0.2, -0.15) is 0 Å². The maximum Gasteiger partial charge on any atom is 0.411 e. The molecule has 0 spiro atoms. The van der Waals surface area contributed by atoms with Gasteiger partial charge in [0.2, 0.25) is 0 Å². The average Bonchev–Trinajstić information content (AvgIpc) is 3.36. The molecule has 3 N–H and O–H groups in total. The Morgan fingerprint density at radius 1 is 0.884 bits per heavy atom. The van der Waals surface area contributed by atoms with E-state index in [1.165, 1.54) is 16.5 Å². The highest BCUT2D eigenvalue weighted by Crippen LogP contribution is 2.47. The minimum absolute atomic E-state index is 0.141. The second kappa shape index (κ2) is 11.0. The maximum absolute atomic E-state index is 13.2. The minimum Gasteiger partial charge on any atom is -0.443 e. The van der Waals surface area contributed by atoms with Crippen molar-refractivity contribution in [2.24, 2.45) is 0 Å². The van der Waals surface area contributed by atoms with Crippen molar-refractivity contribution in [2.75, 3.05) is 10.6 Å². The summed E-state index contributed by atoms with van der Waals surface area (Å²) in [5.74, 6) is 6.91. The summed E-state index contributed by atoms with van der Waals surface area (Å²) in [4.78, 5) is 16.7. The van der Waals surface area contributed by atoms with Crippen molar-refractivity contribution in [3.05, 3.63) is 118 Å². The summed E-state index contributed by atoms with van der Waals surface area (Å²) in [6.45, 7) is 12.6. The van der Waals surface area contributed by atoms with E-state index in [9.17, 15) is 4.79 Å². The molecule has 0 fully saturated rings. The number of aromatic nitrogens is 1. The summed E-state index contributed by atoms with van der Waals surface area (Å²) >= 11 is 0. The lowest BCUT2D eigenvalue weighted by molar-refractivity contribution is 0.0569. The molecular formula is C38H37N3O2. The van der Waals surface area contributed by atoms with Crippen molar-refractivity contribution < 1.29 is 9.53 Å². The number of fused-ring (bicyclic) bond motifs is 2. The predicted molar refractivity (Wildman–Crippen MR) is 177 cm³/mol. The summed E-state index contributed by atoms with van der Waals surface area (Å²) in [5, 5.41) is 7.82. The van der Waals surface area contributed by atoms with Gasteiger partial charge in [-0.25, -0.2) is 4.79 Å². The second-order valence-electron chi connectivity index (χ2n) is 12.2. The molecule has 43 heavy (non-hydrogen) atoms. The third-order valence-corrected chi connectivity index (χ3v) is 8.45. The van der Waals surface area contributed by atoms with E-state index in [1.54, 1.807) is 0 Å². The van der Waals surface area contributed by atoms with Gasteiger partial charge in [-0.3, -0.25) is 5.32 Å². The van der Waals surface area contributed by atoms with E-state index < -0.39 is 17.7 Å². The highest BCUT2D eigenvalue weighted by molar-refractivity contribution is 5.98. The van der Waals surface area contributed by atoms with Crippen LogP contribution in [0.2, 0.25) is 0 Å². The molecule has 0 unspecified atom stereocenters. The van der Waals surface area contributed by atoms with Crippen LogP contribution in [0.5, 0.6) is 0 Å². The van der Waals surface area contributed by atoms with Gasteiger partial charge in [0, 0.05) is 51.1 Å². The zero-order valence-electron chi connectivity index (χ0n) is 25.6. The fraction of sp³-hybridized carbons (Fsp3) is 0.237. The Hall–Kier alpha value is -4.95. The van der Waals surface area contributed by atoms with Crippen LogP contribution in [0.4, 0.5) is 16.2 Å². The Labute approximate surface area is 253 Å². The monoisotopic (exact) mass is 567 g/mol. The molecule has 0 saturated carbocycles. The van der Waals surface area contributed by atoms with Gasteiger partial charge in [-0.05, 0) is 87.2 Å². The molecule has 6 rings (SSSR count). The number of anilines is 2. The number of carbonyl (C=O) groups is 1. The van der Waals surface area contributed by atoms with Gasteiger partial charge in [0.25, 0.3) is 0 Å². The quantitative estimate of drug-likeness (QED) is 0.191. The zero-order chi connectivity index (χ0) is 30.3. The molecule has 5 heteroatoms. The van der Waals surface area contributed by atoms with Crippen LogP contribution in [0.1, 0.15) is 60.1 Å². The van der Waals surface area contributed by atoms with Crippen molar-refractivity contribution in [1.82, 2.24) is 4.98 Å². The van der Waals surface area contributed by atoms with Crippen LogP contribution in [-0.2, 0) is 4.74 Å². The summed E-state index contributed by atoms with van der Waals surface area (Å²) in [6, 6.07) is 26.3. The van der Waals surface area contributed by atoms with E-state index in [2.05, 4.69) is 112 Å². The van der Waals surface area contributed by atoms with Gasteiger partial charge >= 0.3 is 6.09 Å². The molecule has 5 nitrogen and oxygen atoms in total. The number of rotatable bonds is 3. The fourth-order valence-electron chi connectivity index (χ4n) is 6.39. The van der Waals surface area contributed by atoms with Crippen molar-refractivity contribution in [3.63, 3.8) is 0 Å². The molecule has 2 atom stereocenters. The third kappa shape index (κ3) is 5.37. The summed E-state index contributed by atoms with van der Waals surface area (Å²) in [6.07, 6.45) is 1.12. The number of para-hydroxylation sites is 2. The van der Waals surface area contributed by atoms with Crippen LogP contribution in [0, 0.1) is 32.6 Å². The number of nitrogens with one attached hydrogen (secondary N) is 3. The third-order valence-electron chi connectivity index (χ3n) is 8.45. The Morgan fingerprint density at radius 3 is 2.42 bits per heavy atom. The summed E-state index contributed by atoms with van der Waals surface area (Å²) in [5.41, 5.74) is 10.9.